The molecule has 0 amide bonds. The zero-order valence-corrected chi connectivity index (χ0v) is 17.0. The third-order valence-corrected chi connectivity index (χ3v) is 9.08. The Bertz CT molecular complexity index is 664. The molecule has 26 heavy (non-hydrogen) atoms. The zero-order valence-electron chi connectivity index (χ0n) is 17.0. The number of ketones is 1. The number of fused-ring (bicyclic) bond motifs is 5. The molecule has 0 heterocycles. The number of carbonyl (C=O) groups is 2. The van der Waals surface area contributed by atoms with Gasteiger partial charge in [0, 0.05) is 18.8 Å². The predicted octanol–water partition coefficient (Wildman–Crippen LogP) is 4.94. The first kappa shape index (κ1) is 18.3. The van der Waals surface area contributed by atoms with Gasteiger partial charge in [-0.2, -0.15) is 0 Å². The molecule has 0 aromatic heterocycles. The molecule has 8 atom stereocenters. The van der Waals surface area contributed by atoms with Crippen LogP contribution in [-0.4, -0.2) is 17.9 Å². The molecule has 0 unspecified atom stereocenters. The molecule has 3 saturated carbocycles. The summed E-state index contributed by atoms with van der Waals surface area (Å²) in [5.41, 5.74) is 1.73. The molecule has 0 aromatic carbocycles. The summed E-state index contributed by atoms with van der Waals surface area (Å²) in [6.45, 7) is 11.1. The van der Waals surface area contributed by atoms with E-state index in [-0.39, 0.29) is 22.9 Å². The van der Waals surface area contributed by atoms with Crippen LogP contribution in [0.2, 0.25) is 0 Å². The lowest BCUT2D eigenvalue weighted by molar-refractivity contribution is -0.159. The van der Waals surface area contributed by atoms with Crippen LogP contribution in [0.3, 0.4) is 0 Å². The molecule has 4 aliphatic rings. The van der Waals surface area contributed by atoms with Gasteiger partial charge < -0.3 is 4.74 Å². The maximum Gasteiger partial charge on any atom is 0.302 e. The highest BCUT2D eigenvalue weighted by Crippen LogP contribution is 2.67. The van der Waals surface area contributed by atoms with Crippen LogP contribution in [0.15, 0.2) is 11.6 Å². The first-order valence-corrected chi connectivity index (χ1v) is 10.6. The summed E-state index contributed by atoms with van der Waals surface area (Å²) >= 11 is 0. The van der Waals surface area contributed by atoms with Gasteiger partial charge in [0.1, 0.15) is 6.10 Å². The Morgan fingerprint density at radius 2 is 1.85 bits per heavy atom. The number of esters is 1. The van der Waals surface area contributed by atoms with E-state index >= 15 is 0 Å². The summed E-state index contributed by atoms with van der Waals surface area (Å²) in [7, 11) is 0. The van der Waals surface area contributed by atoms with Gasteiger partial charge in [-0.25, -0.2) is 0 Å². The second kappa shape index (κ2) is 5.94. The van der Waals surface area contributed by atoms with Crippen LogP contribution in [-0.2, 0) is 14.3 Å². The van der Waals surface area contributed by atoms with Gasteiger partial charge in [0.15, 0.2) is 5.78 Å². The van der Waals surface area contributed by atoms with Crippen molar-refractivity contribution in [3.63, 3.8) is 0 Å². The van der Waals surface area contributed by atoms with E-state index in [1.165, 1.54) is 18.4 Å². The van der Waals surface area contributed by atoms with Crippen molar-refractivity contribution in [3.8, 4) is 0 Å². The van der Waals surface area contributed by atoms with Crippen LogP contribution in [0, 0.1) is 40.4 Å². The van der Waals surface area contributed by atoms with Crippen LogP contribution in [0.25, 0.3) is 0 Å². The predicted molar refractivity (Wildman–Crippen MR) is 101 cm³/mol. The lowest BCUT2D eigenvalue weighted by Crippen LogP contribution is -2.56. The Labute approximate surface area is 157 Å². The lowest BCUT2D eigenvalue weighted by atomic mass is 9.43. The van der Waals surface area contributed by atoms with Crippen molar-refractivity contribution >= 4 is 11.8 Å². The van der Waals surface area contributed by atoms with Gasteiger partial charge in [-0.05, 0) is 73.2 Å². The van der Waals surface area contributed by atoms with Crippen LogP contribution in [0.1, 0.15) is 73.1 Å². The van der Waals surface area contributed by atoms with Crippen molar-refractivity contribution in [1.29, 1.82) is 0 Å². The molecule has 0 aromatic rings. The molecule has 0 radical (unpaired) electrons. The molecular formula is C23H34O3. The second-order valence-electron chi connectivity index (χ2n) is 10.2. The number of ether oxygens (including phenoxy) is 1. The Kier molecular flexibility index (Phi) is 4.17. The quantitative estimate of drug-likeness (QED) is 0.623. The number of hydrogen-bond donors (Lipinski definition) is 0. The summed E-state index contributed by atoms with van der Waals surface area (Å²) in [4.78, 5) is 23.8. The minimum Gasteiger partial charge on any atom is -0.462 e. The Hall–Kier alpha value is -1.12. The molecular weight excluding hydrogens is 324 g/mol. The van der Waals surface area contributed by atoms with E-state index in [4.69, 9.17) is 4.74 Å². The minimum atomic E-state index is -0.132. The largest absolute Gasteiger partial charge is 0.462 e. The fraction of sp³-hybridized carbons (Fsp3) is 0.826. The number of rotatable bonds is 1. The third-order valence-electron chi connectivity index (χ3n) is 9.08. The Morgan fingerprint density at radius 1 is 1.12 bits per heavy atom. The SMILES string of the molecule is CC(=O)O[C@H]1CC[C@H]2[C@@H]3[C@H](C)CC4=CC(=O)C[C@H](C)[C@]4(C)[C@H]3CC[C@]12C. The summed E-state index contributed by atoms with van der Waals surface area (Å²) in [5, 5.41) is 0. The highest BCUT2D eigenvalue weighted by atomic mass is 16.5. The molecule has 3 heteroatoms. The van der Waals surface area contributed by atoms with Crippen molar-refractivity contribution in [1.82, 2.24) is 0 Å². The van der Waals surface area contributed by atoms with Gasteiger partial charge in [0.2, 0.25) is 0 Å². The molecule has 3 fully saturated rings. The van der Waals surface area contributed by atoms with E-state index in [0.717, 1.165) is 19.3 Å². The maximum absolute atomic E-state index is 12.2. The van der Waals surface area contributed by atoms with E-state index in [1.807, 2.05) is 6.08 Å². The van der Waals surface area contributed by atoms with Crippen LogP contribution >= 0.6 is 0 Å². The maximum atomic E-state index is 12.2. The first-order valence-electron chi connectivity index (χ1n) is 10.6. The number of hydrogen-bond acceptors (Lipinski definition) is 3. The minimum absolute atomic E-state index is 0.0910. The molecule has 4 aliphatic carbocycles. The lowest BCUT2D eigenvalue weighted by Gasteiger charge is -2.61. The normalized spacial score (nSPS) is 50.3. The second-order valence-corrected chi connectivity index (χ2v) is 10.2. The van der Waals surface area contributed by atoms with Gasteiger partial charge in [0.05, 0.1) is 0 Å². The van der Waals surface area contributed by atoms with E-state index < -0.39 is 0 Å². The topological polar surface area (TPSA) is 43.4 Å². The van der Waals surface area contributed by atoms with Crippen molar-refractivity contribution < 1.29 is 14.3 Å². The van der Waals surface area contributed by atoms with Crippen molar-refractivity contribution in [2.75, 3.05) is 0 Å². The monoisotopic (exact) mass is 358 g/mol. The average molecular weight is 359 g/mol. The molecule has 144 valence electrons. The van der Waals surface area contributed by atoms with E-state index in [1.54, 1.807) is 6.92 Å². The zero-order chi connectivity index (χ0) is 18.9. The van der Waals surface area contributed by atoms with Gasteiger partial charge in [-0.15, -0.1) is 0 Å². The van der Waals surface area contributed by atoms with Crippen LogP contribution < -0.4 is 0 Å². The first-order chi connectivity index (χ1) is 12.2. The van der Waals surface area contributed by atoms with Crippen LogP contribution in [0.5, 0.6) is 0 Å². The van der Waals surface area contributed by atoms with Crippen LogP contribution in [0.4, 0.5) is 0 Å². The van der Waals surface area contributed by atoms with Gasteiger partial charge in [-0.1, -0.05) is 33.3 Å². The summed E-state index contributed by atoms with van der Waals surface area (Å²) in [6.07, 6.45) is 8.41. The van der Waals surface area contributed by atoms with E-state index in [0.29, 0.717) is 41.8 Å². The molecule has 0 spiro atoms. The van der Waals surface area contributed by atoms with E-state index in [9.17, 15) is 9.59 Å². The van der Waals surface area contributed by atoms with Crippen molar-refractivity contribution in [2.45, 2.75) is 79.2 Å². The fourth-order valence-electron chi connectivity index (χ4n) is 7.64. The Balaban J connectivity index is 1.70. The molecule has 0 bridgehead atoms. The smallest absolute Gasteiger partial charge is 0.302 e. The van der Waals surface area contributed by atoms with E-state index in [2.05, 4.69) is 27.7 Å². The summed E-state index contributed by atoms with van der Waals surface area (Å²) in [6, 6.07) is 0. The average Bonchev–Trinajstić information content (AvgIpc) is 2.86. The highest BCUT2D eigenvalue weighted by Gasteiger charge is 2.62. The molecule has 0 saturated heterocycles. The molecule has 0 N–H and O–H groups in total. The summed E-state index contributed by atoms with van der Waals surface area (Å²) < 4.78 is 5.77. The highest BCUT2D eigenvalue weighted by molar-refractivity contribution is 5.92. The van der Waals surface area contributed by atoms with Crippen molar-refractivity contribution in [2.24, 2.45) is 40.4 Å². The molecule has 3 nitrogen and oxygen atoms in total. The molecule has 0 aliphatic heterocycles. The third kappa shape index (κ3) is 2.38. The van der Waals surface area contributed by atoms with Gasteiger partial charge in [-0.3, -0.25) is 9.59 Å². The van der Waals surface area contributed by atoms with Gasteiger partial charge in [0.25, 0.3) is 0 Å². The number of carbonyl (C=O) groups excluding carboxylic acids is 2. The molecule has 4 rings (SSSR count). The number of allylic oxidation sites excluding steroid dienone is 1. The fourth-order valence-corrected chi connectivity index (χ4v) is 7.64. The van der Waals surface area contributed by atoms with Gasteiger partial charge >= 0.3 is 5.97 Å². The van der Waals surface area contributed by atoms with Crippen molar-refractivity contribution in [3.05, 3.63) is 11.6 Å². The Morgan fingerprint density at radius 3 is 2.54 bits per heavy atom. The summed E-state index contributed by atoms with van der Waals surface area (Å²) in [5.74, 6) is 3.23. The standard InChI is InChI=1S/C23H34O3/c1-13-10-16-12-17(25)11-14(2)23(16,5)19-8-9-22(4)18(21(13)19)6-7-20(22)26-15(3)24/h12-14,18-21H,6-11H2,1-5H3/t13-,14+,18+,19+,20+,21+,22+,23+/m1/s1.